The molecule has 2 aliphatic heterocycles. The van der Waals surface area contributed by atoms with Crippen LogP contribution in [0.5, 0.6) is 0 Å². The lowest BCUT2D eigenvalue weighted by atomic mass is 9.87. The summed E-state index contributed by atoms with van der Waals surface area (Å²) in [6, 6.07) is 0. The Hall–Kier alpha value is -2.53. The zero-order chi connectivity index (χ0) is 29.5. The number of hydrogen-bond donors (Lipinski definition) is 6. The summed E-state index contributed by atoms with van der Waals surface area (Å²) in [4.78, 5) is 53.4. The van der Waals surface area contributed by atoms with Crippen molar-refractivity contribution >= 4 is 48.2 Å². The van der Waals surface area contributed by atoms with Gasteiger partial charge in [0.2, 0.25) is 11.8 Å². The first-order valence-corrected chi connectivity index (χ1v) is 15.0. The lowest BCUT2D eigenvalue weighted by Crippen LogP contribution is -2.46. The molecular formula is C22H36N7O9PS. The average molecular weight is 606 g/mol. The molecule has 0 bridgehead atoms. The van der Waals surface area contributed by atoms with Crippen molar-refractivity contribution in [2.75, 3.05) is 37.6 Å². The monoisotopic (exact) mass is 605 g/mol. The number of thioether (sulfide) groups is 1. The van der Waals surface area contributed by atoms with Gasteiger partial charge in [0, 0.05) is 25.3 Å². The van der Waals surface area contributed by atoms with Crippen LogP contribution in [0.3, 0.4) is 0 Å². The fraction of sp³-hybridized carbons (Fsp3) is 0.682. The van der Waals surface area contributed by atoms with E-state index < -0.39 is 38.0 Å². The summed E-state index contributed by atoms with van der Waals surface area (Å²) < 4.78 is 30.4. The van der Waals surface area contributed by atoms with Gasteiger partial charge in [-0.2, -0.15) is 0 Å². The Kier molecular flexibility index (Phi) is 11.1. The third-order valence-corrected chi connectivity index (χ3v) is 7.76. The van der Waals surface area contributed by atoms with Crippen LogP contribution in [0.25, 0.3) is 0 Å². The second-order valence-corrected chi connectivity index (χ2v) is 12.5. The van der Waals surface area contributed by atoms with E-state index in [1.165, 1.54) is 20.8 Å². The summed E-state index contributed by atoms with van der Waals surface area (Å²) in [5.74, 6) is -0.00312. The number of amides is 2. The SMILES string of the molecule is CC(=O)SCNC(=O)CCNC(=O)C(O)C(C)(C)COP(=O)(O)OCC1CCC(n2cnc3c2NCN=C3N)O1. The molecule has 1 fully saturated rings. The second-order valence-electron chi connectivity index (χ2n) is 9.87. The van der Waals surface area contributed by atoms with Gasteiger partial charge in [-0.25, -0.2) is 14.5 Å². The summed E-state index contributed by atoms with van der Waals surface area (Å²) in [5.41, 5.74) is 5.14. The molecule has 0 saturated carbocycles. The highest BCUT2D eigenvalue weighted by molar-refractivity contribution is 8.13. The predicted molar refractivity (Wildman–Crippen MR) is 145 cm³/mol. The fourth-order valence-corrected chi connectivity index (χ4v) is 5.19. The first kappa shape index (κ1) is 32.0. The second kappa shape index (κ2) is 13.9. The number of aromatic nitrogens is 2. The number of hydrogen-bond acceptors (Lipinski definition) is 13. The molecule has 0 spiro atoms. The molecule has 0 radical (unpaired) electrons. The molecule has 1 saturated heterocycles. The molecule has 2 aliphatic rings. The van der Waals surface area contributed by atoms with E-state index in [9.17, 15) is 28.9 Å². The minimum atomic E-state index is -4.54. The van der Waals surface area contributed by atoms with Crippen molar-refractivity contribution in [3.63, 3.8) is 0 Å². The highest BCUT2D eigenvalue weighted by Crippen LogP contribution is 2.46. The number of nitrogens with zero attached hydrogens (tertiary/aromatic N) is 3. The number of ether oxygens (including phenoxy) is 1. The molecule has 7 N–H and O–H groups in total. The number of nitrogens with two attached hydrogens (primary N) is 1. The van der Waals surface area contributed by atoms with E-state index in [-0.39, 0.29) is 42.7 Å². The van der Waals surface area contributed by atoms with Gasteiger partial charge in [0.15, 0.2) is 5.12 Å². The van der Waals surface area contributed by atoms with Crippen molar-refractivity contribution in [3.05, 3.63) is 12.0 Å². The number of fused-ring (bicyclic) bond motifs is 1. The molecule has 2 amide bonds. The average Bonchev–Trinajstić information content (AvgIpc) is 3.53. The molecule has 3 heterocycles. The number of phosphoric acid groups is 1. The quantitative estimate of drug-likeness (QED) is 0.122. The van der Waals surface area contributed by atoms with E-state index in [4.69, 9.17) is 19.5 Å². The van der Waals surface area contributed by atoms with Gasteiger partial charge in [0.25, 0.3) is 0 Å². The molecule has 4 unspecified atom stereocenters. The number of amidine groups is 1. The van der Waals surface area contributed by atoms with Crippen molar-refractivity contribution in [2.45, 2.75) is 58.5 Å². The zero-order valence-corrected chi connectivity index (χ0v) is 24.2. The third-order valence-electron chi connectivity index (χ3n) is 6.14. The van der Waals surface area contributed by atoms with Gasteiger partial charge >= 0.3 is 7.82 Å². The van der Waals surface area contributed by atoms with E-state index in [1.807, 2.05) is 0 Å². The van der Waals surface area contributed by atoms with Gasteiger partial charge in [-0.15, -0.1) is 0 Å². The van der Waals surface area contributed by atoms with Gasteiger partial charge in [0.1, 0.15) is 36.3 Å². The highest BCUT2D eigenvalue weighted by Gasteiger charge is 2.38. The summed E-state index contributed by atoms with van der Waals surface area (Å²) in [6.07, 6.45) is 0.243. The molecule has 4 atom stereocenters. The van der Waals surface area contributed by atoms with Crippen molar-refractivity contribution in [1.82, 2.24) is 20.2 Å². The molecule has 224 valence electrons. The largest absolute Gasteiger partial charge is 0.472 e. The van der Waals surface area contributed by atoms with Crippen molar-refractivity contribution in [1.29, 1.82) is 0 Å². The van der Waals surface area contributed by atoms with Crippen molar-refractivity contribution in [2.24, 2.45) is 16.1 Å². The number of nitrogens with one attached hydrogen (secondary N) is 3. The molecule has 0 aromatic carbocycles. The van der Waals surface area contributed by atoms with Crippen LogP contribution >= 0.6 is 19.6 Å². The van der Waals surface area contributed by atoms with Crippen LogP contribution < -0.4 is 21.7 Å². The van der Waals surface area contributed by atoms with E-state index in [0.29, 0.717) is 36.9 Å². The number of anilines is 1. The summed E-state index contributed by atoms with van der Waals surface area (Å²) in [6.45, 7) is 3.92. The van der Waals surface area contributed by atoms with Crippen molar-refractivity contribution in [3.8, 4) is 0 Å². The maximum absolute atomic E-state index is 12.5. The number of carbonyl (C=O) groups excluding carboxylic acids is 3. The van der Waals surface area contributed by atoms with Gasteiger partial charge in [-0.05, 0) is 12.8 Å². The van der Waals surface area contributed by atoms with Gasteiger partial charge < -0.3 is 36.4 Å². The standard InChI is InChI=1S/C22H36N7O9PS/c1-13(30)40-12-28-15(31)6-7-24-21(33)18(32)22(2,3)9-37-39(34,35)36-8-14-4-5-16(38-14)29-11-27-17-19(23)25-10-26-20(17)29/h11,14,16,18,26,32H,4-10,12H2,1-3H3,(H2,23,25)(H,24,33)(H,28,31)(H,34,35). The van der Waals surface area contributed by atoms with Gasteiger partial charge in [0.05, 0.1) is 31.5 Å². The van der Waals surface area contributed by atoms with E-state index >= 15 is 0 Å². The van der Waals surface area contributed by atoms with Crippen LogP contribution in [0.4, 0.5) is 5.82 Å². The first-order valence-electron chi connectivity index (χ1n) is 12.5. The first-order chi connectivity index (χ1) is 18.8. The van der Waals surface area contributed by atoms with Crippen LogP contribution in [-0.2, 0) is 32.7 Å². The topological polar surface area (TPSA) is 229 Å². The smallest absolute Gasteiger partial charge is 0.383 e. The molecule has 0 aliphatic carbocycles. The summed E-state index contributed by atoms with van der Waals surface area (Å²) >= 11 is 0.944. The molecular weight excluding hydrogens is 569 g/mol. The Bertz CT molecular complexity index is 1160. The number of aliphatic imine (C=N–C) groups is 1. The molecule has 16 nitrogen and oxygen atoms in total. The van der Waals surface area contributed by atoms with Crippen LogP contribution in [0.1, 0.15) is 52.0 Å². The summed E-state index contributed by atoms with van der Waals surface area (Å²) in [5, 5.41) is 18.4. The number of phosphoric ester groups is 1. The molecule has 18 heteroatoms. The Morgan fingerprint density at radius 2 is 2.10 bits per heavy atom. The fourth-order valence-electron chi connectivity index (χ4n) is 3.83. The molecule has 1 aromatic rings. The normalized spacial score (nSPS) is 21.0. The van der Waals surface area contributed by atoms with Crippen LogP contribution in [0.15, 0.2) is 11.3 Å². The molecule has 1 aromatic heterocycles. The van der Waals surface area contributed by atoms with Crippen molar-refractivity contribution < 1.29 is 42.7 Å². The van der Waals surface area contributed by atoms with E-state index in [0.717, 1.165) is 11.8 Å². The maximum Gasteiger partial charge on any atom is 0.472 e. The lowest BCUT2D eigenvalue weighted by Gasteiger charge is -2.30. The third kappa shape index (κ3) is 8.99. The Morgan fingerprint density at radius 3 is 2.83 bits per heavy atom. The number of aliphatic hydroxyl groups is 1. The lowest BCUT2D eigenvalue weighted by molar-refractivity contribution is -0.137. The van der Waals surface area contributed by atoms with E-state index in [1.54, 1.807) is 10.9 Å². The Labute approximate surface area is 235 Å². The van der Waals surface area contributed by atoms with Gasteiger partial charge in [-0.3, -0.25) is 28.0 Å². The number of rotatable bonds is 14. The predicted octanol–water partition coefficient (Wildman–Crippen LogP) is 0.0294. The Balaban J connectivity index is 1.39. The molecule has 40 heavy (non-hydrogen) atoms. The Morgan fingerprint density at radius 1 is 1.35 bits per heavy atom. The zero-order valence-electron chi connectivity index (χ0n) is 22.5. The number of aliphatic hydroxyl groups excluding tert-OH is 1. The minimum absolute atomic E-state index is 0.0493. The van der Waals surface area contributed by atoms with Crippen LogP contribution in [-0.4, -0.2) is 86.8 Å². The van der Waals surface area contributed by atoms with Crippen LogP contribution in [0.2, 0.25) is 0 Å². The van der Waals surface area contributed by atoms with E-state index in [2.05, 4.69) is 25.9 Å². The summed E-state index contributed by atoms with van der Waals surface area (Å²) in [7, 11) is -4.54. The van der Waals surface area contributed by atoms with Crippen LogP contribution in [0, 0.1) is 5.41 Å². The minimum Gasteiger partial charge on any atom is -0.383 e. The molecule has 3 rings (SSSR count). The maximum atomic E-state index is 12.5. The highest BCUT2D eigenvalue weighted by atomic mass is 32.2. The number of imidazole rings is 1. The van der Waals surface area contributed by atoms with Gasteiger partial charge in [-0.1, -0.05) is 25.6 Å². The number of carbonyl (C=O) groups is 3.